The predicted octanol–water partition coefficient (Wildman–Crippen LogP) is 1.65. The SMILES string of the molecule is O=C(O)c1ccc(NCc2csc(=O)[nH]2)cc1[N+](=O)[O-]. The summed E-state index contributed by atoms with van der Waals surface area (Å²) in [5.74, 6) is -1.36. The second-order valence-corrected chi connectivity index (χ2v) is 4.66. The third kappa shape index (κ3) is 3.01. The number of anilines is 1. The molecule has 0 unspecified atom stereocenters. The van der Waals surface area contributed by atoms with Crippen LogP contribution in [-0.2, 0) is 6.54 Å². The van der Waals surface area contributed by atoms with Gasteiger partial charge in [0, 0.05) is 22.8 Å². The van der Waals surface area contributed by atoms with Gasteiger partial charge >= 0.3 is 10.8 Å². The Morgan fingerprint density at radius 3 is 2.80 bits per heavy atom. The van der Waals surface area contributed by atoms with E-state index in [0.29, 0.717) is 11.4 Å². The number of H-pyrrole nitrogens is 1. The number of hydrogen-bond acceptors (Lipinski definition) is 6. The predicted molar refractivity (Wildman–Crippen MR) is 72.3 cm³/mol. The van der Waals surface area contributed by atoms with Crippen molar-refractivity contribution >= 4 is 28.7 Å². The summed E-state index contributed by atoms with van der Waals surface area (Å²) in [6, 6.07) is 3.74. The number of carbonyl (C=O) groups is 1. The minimum atomic E-state index is -1.36. The van der Waals surface area contributed by atoms with Gasteiger partial charge in [-0.25, -0.2) is 4.79 Å². The highest BCUT2D eigenvalue weighted by Crippen LogP contribution is 2.23. The van der Waals surface area contributed by atoms with Gasteiger partial charge in [-0.15, -0.1) is 0 Å². The van der Waals surface area contributed by atoms with E-state index in [9.17, 15) is 19.7 Å². The van der Waals surface area contributed by atoms with Crippen LogP contribution >= 0.6 is 11.3 Å². The lowest BCUT2D eigenvalue weighted by Crippen LogP contribution is -2.06. The number of carboxylic acid groups (broad SMARTS) is 1. The first kappa shape index (κ1) is 13.7. The molecule has 0 bridgehead atoms. The van der Waals surface area contributed by atoms with Gasteiger partial charge in [0.25, 0.3) is 5.69 Å². The van der Waals surface area contributed by atoms with Gasteiger partial charge in [0.2, 0.25) is 0 Å². The lowest BCUT2D eigenvalue weighted by molar-refractivity contribution is -0.385. The van der Waals surface area contributed by atoms with Crippen LogP contribution in [-0.4, -0.2) is 21.0 Å². The van der Waals surface area contributed by atoms with Crippen LogP contribution in [0.2, 0.25) is 0 Å². The minimum Gasteiger partial charge on any atom is -0.477 e. The fourth-order valence-corrected chi connectivity index (χ4v) is 2.15. The molecule has 0 fully saturated rings. The molecule has 104 valence electrons. The number of aromatic nitrogens is 1. The van der Waals surface area contributed by atoms with Crippen LogP contribution < -0.4 is 10.2 Å². The van der Waals surface area contributed by atoms with Crippen LogP contribution in [0.1, 0.15) is 16.1 Å². The van der Waals surface area contributed by atoms with Gasteiger partial charge < -0.3 is 15.4 Å². The average Bonchev–Trinajstić information content (AvgIpc) is 2.81. The number of benzene rings is 1. The minimum absolute atomic E-state index is 0.186. The number of rotatable bonds is 5. The number of nitrogens with zero attached hydrogens (tertiary/aromatic N) is 1. The van der Waals surface area contributed by atoms with Crippen molar-refractivity contribution in [1.82, 2.24) is 4.98 Å². The van der Waals surface area contributed by atoms with E-state index >= 15 is 0 Å². The van der Waals surface area contributed by atoms with E-state index < -0.39 is 16.6 Å². The lowest BCUT2D eigenvalue weighted by atomic mass is 10.1. The first-order valence-corrected chi connectivity index (χ1v) is 6.27. The molecule has 0 atom stereocenters. The molecular formula is C11H9N3O5S. The molecular weight excluding hydrogens is 286 g/mol. The molecule has 1 heterocycles. The summed E-state index contributed by atoms with van der Waals surface area (Å²) in [7, 11) is 0. The normalized spacial score (nSPS) is 10.2. The number of aromatic carboxylic acids is 1. The van der Waals surface area contributed by atoms with Crippen molar-refractivity contribution in [3.05, 3.63) is 54.6 Å². The van der Waals surface area contributed by atoms with Crippen LogP contribution in [0.4, 0.5) is 11.4 Å². The van der Waals surface area contributed by atoms with E-state index in [2.05, 4.69) is 10.3 Å². The highest BCUT2D eigenvalue weighted by atomic mass is 32.1. The molecule has 1 aromatic carbocycles. The number of nitro groups is 1. The number of aromatic amines is 1. The molecule has 0 amide bonds. The molecule has 0 saturated carbocycles. The number of hydrogen-bond donors (Lipinski definition) is 3. The molecule has 20 heavy (non-hydrogen) atoms. The molecule has 0 radical (unpaired) electrons. The van der Waals surface area contributed by atoms with Crippen molar-refractivity contribution in [2.75, 3.05) is 5.32 Å². The molecule has 0 saturated heterocycles. The highest BCUT2D eigenvalue weighted by molar-refractivity contribution is 7.07. The van der Waals surface area contributed by atoms with Gasteiger partial charge in [-0.1, -0.05) is 11.3 Å². The third-order valence-corrected chi connectivity index (χ3v) is 3.20. The van der Waals surface area contributed by atoms with Gasteiger partial charge in [-0.05, 0) is 12.1 Å². The van der Waals surface area contributed by atoms with Crippen molar-refractivity contribution in [1.29, 1.82) is 0 Å². The summed E-state index contributed by atoms with van der Waals surface area (Å²) < 4.78 is 0. The first-order chi connectivity index (χ1) is 9.47. The Hall–Kier alpha value is -2.68. The molecule has 8 nitrogen and oxygen atoms in total. The van der Waals surface area contributed by atoms with Crippen LogP contribution in [0.15, 0.2) is 28.4 Å². The topological polar surface area (TPSA) is 125 Å². The van der Waals surface area contributed by atoms with Crippen molar-refractivity contribution < 1.29 is 14.8 Å². The molecule has 0 aliphatic rings. The van der Waals surface area contributed by atoms with Gasteiger partial charge in [-0.2, -0.15) is 0 Å². The van der Waals surface area contributed by atoms with Crippen molar-refractivity contribution in [3.63, 3.8) is 0 Å². The Labute approximate surface area is 115 Å². The van der Waals surface area contributed by atoms with Gasteiger partial charge in [-0.3, -0.25) is 14.9 Å². The quantitative estimate of drug-likeness (QED) is 0.569. The van der Waals surface area contributed by atoms with Crippen molar-refractivity contribution in [2.24, 2.45) is 0 Å². The summed E-state index contributed by atoms with van der Waals surface area (Å²) in [6.07, 6.45) is 0. The van der Waals surface area contributed by atoms with Gasteiger partial charge in [0.05, 0.1) is 11.5 Å². The summed E-state index contributed by atoms with van der Waals surface area (Å²) >= 11 is 1.02. The Morgan fingerprint density at radius 2 is 2.25 bits per heavy atom. The molecule has 0 aliphatic carbocycles. The smallest absolute Gasteiger partial charge is 0.342 e. The summed E-state index contributed by atoms with van der Waals surface area (Å²) in [4.78, 5) is 34.3. The Kier molecular flexibility index (Phi) is 3.80. The molecule has 3 N–H and O–H groups in total. The zero-order chi connectivity index (χ0) is 14.7. The van der Waals surface area contributed by atoms with E-state index in [0.717, 1.165) is 17.4 Å². The second kappa shape index (κ2) is 5.53. The zero-order valence-corrected chi connectivity index (χ0v) is 10.8. The van der Waals surface area contributed by atoms with Crippen LogP contribution in [0.25, 0.3) is 0 Å². The number of thiazole rings is 1. The number of nitro benzene ring substituents is 1. The van der Waals surface area contributed by atoms with E-state index in [1.807, 2.05) is 0 Å². The fourth-order valence-electron chi connectivity index (χ4n) is 1.57. The largest absolute Gasteiger partial charge is 0.477 e. The maximum atomic E-state index is 10.9. The maximum Gasteiger partial charge on any atom is 0.342 e. The van der Waals surface area contributed by atoms with Crippen LogP contribution in [0.3, 0.4) is 0 Å². The van der Waals surface area contributed by atoms with Crippen molar-refractivity contribution in [3.8, 4) is 0 Å². The van der Waals surface area contributed by atoms with Gasteiger partial charge in [0.15, 0.2) is 0 Å². The first-order valence-electron chi connectivity index (χ1n) is 5.39. The average molecular weight is 295 g/mol. The Bertz CT molecular complexity index is 721. The highest BCUT2D eigenvalue weighted by Gasteiger charge is 2.19. The summed E-state index contributed by atoms with van der Waals surface area (Å²) in [6.45, 7) is 0.280. The monoisotopic (exact) mass is 295 g/mol. The lowest BCUT2D eigenvalue weighted by Gasteiger charge is -2.05. The summed E-state index contributed by atoms with van der Waals surface area (Å²) in [5, 5.41) is 24.2. The summed E-state index contributed by atoms with van der Waals surface area (Å²) in [5.41, 5.74) is 0.185. The number of nitrogens with one attached hydrogen (secondary N) is 2. The maximum absolute atomic E-state index is 10.9. The fraction of sp³-hybridized carbons (Fsp3) is 0.0909. The molecule has 0 spiro atoms. The second-order valence-electron chi connectivity index (χ2n) is 3.82. The Balaban J connectivity index is 2.20. The van der Waals surface area contributed by atoms with E-state index in [-0.39, 0.29) is 17.0 Å². The van der Waals surface area contributed by atoms with Crippen molar-refractivity contribution in [2.45, 2.75) is 6.54 Å². The standard InChI is InChI=1S/C11H9N3O5S/c15-10(16)8-2-1-6(3-9(8)14(18)19)12-4-7-5-20-11(17)13-7/h1-3,5,12H,4H2,(H,13,17)(H,15,16). The van der Waals surface area contributed by atoms with E-state index in [4.69, 9.17) is 5.11 Å². The van der Waals surface area contributed by atoms with Crippen LogP contribution in [0.5, 0.6) is 0 Å². The molecule has 9 heteroatoms. The van der Waals surface area contributed by atoms with E-state index in [1.165, 1.54) is 12.1 Å². The number of carboxylic acids is 1. The molecule has 0 aliphatic heterocycles. The zero-order valence-electron chi connectivity index (χ0n) is 9.95. The van der Waals surface area contributed by atoms with Gasteiger partial charge in [0.1, 0.15) is 5.56 Å². The molecule has 2 rings (SSSR count). The third-order valence-electron chi connectivity index (χ3n) is 2.48. The molecule has 2 aromatic rings. The Morgan fingerprint density at radius 1 is 1.50 bits per heavy atom. The van der Waals surface area contributed by atoms with E-state index in [1.54, 1.807) is 5.38 Å². The van der Waals surface area contributed by atoms with Crippen LogP contribution in [0, 0.1) is 10.1 Å². The molecule has 1 aromatic heterocycles.